The van der Waals surface area contributed by atoms with Gasteiger partial charge in [0.1, 0.15) is 5.69 Å². The predicted octanol–water partition coefficient (Wildman–Crippen LogP) is 2.37. The van der Waals surface area contributed by atoms with Gasteiger partial charge in [0.2, 0.25) is 0 Å². The van der Waals surface area contributed by atoms with E-state index in [0.29, 0.717) is 11.7 Å². The van der Waals surface area contributed by atoms with E-state index < -0.39 is 0 Å². The first-order valence-corrected chi connectivity index (χ1v) is 5.64. The van der Waals surface area contributed by atoms with Crippen LogP contribution in [0.2, 0.25) is 0 Å². The molecule has 1 fully saturated rings. The highest BCUT2D eigenvalue weighted by Crippen LogP contribution is 2.23. The first kappa shape index (κ1) is 9.46. The van der Waals surface area contributed by atoms with Crippen LogP contribution in [0.1, 0.15) is 28.9 Å². The first-order valence-electron chi connectivity index (χ1n) is 5.64. The lowest BCUT2D eigenvalue weighted by atomic mass is 10.1. The molecule has 0 unspecified atom stereocenters. The minimum atomic E-state index is 0.0243. The Balaban J connectivity index is 2.02. The highest BCUT2D eigenvalue weighted by molar-refractivity contribution is 6.01. The minimum absolute atomic E-state index is 0.0243. The van der Waals surface area contributed by atoms with E-state index in [0.717, 1.165) is 29.3 Å². The van der Waals surface area contributed by atoms with E-state index in [2.05, 4.69) is 10.3 Å². The van der Waals surface area contributed by atoms with Crippen molar-refractivity contribution < 1.29 is 4.79 Å². The maximum Gasteiger partial charge on any atom is 0.268 e. The molecular weight excluding hydrogens is 200 g/mol. The quantitative estimate of drug-likeness (QED) is 0.792. The van der Waals surface area contributed by atoms with Gasteiger partial charge in [-0.3, -0.25) is 4.79 Å². The zero-order valence-corrected chi connectivity index (χ0v) is 9.21. The summed E-state index contributed by atoms with van der Waals surface area (Å²) in [6.07, 6.45) is 2.23. The van der Waals surface area contributed by atoms with Gasteiger partial charge in [-0.1, -0.05) is 18.2 Å². The maximum atomic E-state index is 11.9. The third kappa shape index (κ3) is 1.48. The van der Waals surface area contributed by atoms with Crippen LogP contribution in [0.4, 0.5) is 0 Å². The number of fused-ring (bicyclic) bond motifs is 1. The van der Waals surface area contributed by atoms with Crippen molar-refractivity contribution in [1.82, 2.24) is 10.3 Å². The van der Waals surface area contributed by atoms with Crippen molar-refractivity contribution in [3.8, 4) is 0 Å². The van der Waals surface area contributed by atoms with Gasteiger partial charge in [0.15, 0.2) is 0 Å². The summed E-state index contributed by atoms with van der Waals surface area (Å²) >= 11 is 0. The number of carbonyl (C=O) groups is 1. The van der Waals surface area contributed by atoms with Gasteiger partial charge in [-0.05, 0) is 31.4 Å². The lowest BCUT2D eigenvalue weighted by Crippen LogP contribution is -2.26. The molecule has 0 atom stereocenters. The molecule has 1 aromatic carbocycles. The van der Waals surface area contributed by atoms with E-state index >= 15 is 0 Å². The molecule has 1 aromatic heterocycles. The van der Waals surface area contributed by atoms with E-state index in [1.54, 1.807) is 0 Å². The number of aryl methyl sites for hydroxylation is 1. The standard InChI is InChI=1S/C13H14N2O/c1-8-10-4-2-3-5-11(10)15-12(8)13(16)14-9-6-7-9/h2-5,9,15H,6-7H2,1H3,(H,14,16). The molecule has 0 aliphatic heterocycles. The molecule has 2 aromatic rings. The second-order valence-corrected chi connectivity index (χ2v) is 4.42. The van der Waals surface area contributed by atoms with Crippen LogP contribution in [0.3, 0.4) is 0 Å². The van der Waals surface area contributed by atoms with Gasteiger partial charge in [-0.15, -0.1) is 0 Å². The van der Waals surface area contributed by atoms with Crippen LogP contribution in [0.15, 0.2) is 24.3 Å². The summed E-state index contributed by atoms with van der Waals surface area (Å²) in [5.41, 5.74) is 2.77. The van der Waals surface area contributed by atoms with Crippen molar-refractivity contribution in [3.05, 3.63) is 35.5 Å². The van der Waals surface area contributed by atoms with Crippen molar-refractivity contribution in [3.63, 3.8) is 0 Å². The van der Waals surface area contributed by atoms with Crippen LogP contribution in [-0.2, 0) is 0 Å². The molecule has 1 aliphatic rings. The van der Waals surface area contributed by atoms with Gasteiger partial charge in [0.05, 0.1) is 0 Å². The van der Waals surface area contributed by atoms with Crippen LogP contribution < -0.4 is 5.32 Å². The number of rotatable bonds is 2. The fourth-order valence-electron chi connectivity index (χ4n) is 1.99. The largest absolute Gasteiger partial charge is 0.350 e. The lowest BCUT2D eigenvalue weighted by molar-refractivity contribution is 0.0946. The van der Waals surface area contributed by atoms with E-state index in [4.69, 9.17) is 0 Å². The summed E-state index contributed by atoms with van der Waals surface area (Å²) in [6.45, 7) is 1.99. The normalized spacial score (nSPS) is 15.3. The Kier molecular flexibility index (Phi) is 1.99. The zero-order chi connectivity index (χ0) is 11.1. The maximum absolute atomic E-state index is 11.9. The number of aromatic nitrogens is 1. The lowest BCUT2D eigenvalue weighted by Gasteiger charge is -2.01. The minimum Gasteiger partial charge on any atom is -0.350 e. The molecule has 16 heavy (non-hydrogen) atoms. The Labute approximate surface area is 93.9 Å². The van der Waals surface area contributed by atoms with Crippen LogP contribution in [0.5, 0.6) is 0 Å². The third-order valence-corrected chi connectivity index (χ3v) is 3.11. The topological polar surface area (TPSA) is 44.9 Å². The molecule has 1 heterocycles. The van der Waals surface area contributed by atoms with Gasteiger partial charge in [0.25, 0.3) is 5.91 Å². The Morgan fingerprint density at radius 2 is 2.12 bits per heavy atom. The molecule has 1 aliphatic carbocycles. The summed E-state index contributed by atoms with van der Waals surface area (Å²) in [5.74, 6) is 0.0243. The first-order chi connectivity index (χ1) is 7.75. The number of aromatic amines is 1. The summed E-state index contributed by atoms with van der Waals surface area (Å²) in [6, 6.07) is 8.40. The highest BCUT2D eigenvalue weighted by atomic mass is 16.2. The predicted molar refractivity (Wildman–Crippen MR) is 63.5 cm³/mol. The number of H-pyrrole nitrogens is 1. The van der Waals surface area contributed by atoms with Crippen LogP contribution in [-0.4, -0.2) is 16.9 Å². The Hall–Kier alpha value is -1.77. The van der Waals surface area contributed by atoms with Crippen molar-refractivity contribution >= 4 is 16.8 Å². The molecule has 0 spiro atoms. The number of hydrogen-bond acceptors (Lipinski definition) is 1. The second kappa shape index (κ2) is 3.37. The molecule has 0 saturated heterocycles. The Morgan fingerprint density at radius 1 is 1.38 bits per heavy atom. The van der Waals surface area contributed by atoms with Crippen molar-refractivity contribution in [1.29, 1.82) is 0 Å². The molecule has 2 N–H and O–H groups in total. The van der Waals surface area contributed by atoms with Crippen LogP contribution in [0.25, 0.3) is 10.9 Å². The van der Waals surface area contributed by atoms with E-state index in [-0.39, 0.29) is 5.91 Å². The average molecular weight is 214 g/mol. The zero-order valence-electron chi connectivity index (χ0n) is 9.21. The number of hydrogen-bond donors (Lipinski definition) is 2. The highest BCUT2D eigenvalue weighted by Gasteiger charge is 2.25. The van der Waals surface area contributed by atoms with Crippen LogP contribution >= 0.6 is 0 Å². The van der Waals surface area contributed by atoms with Gasteiger partial charge in [-0.2, -0.15) is 0 Å². The van der Waals surface area contributed by atoms with Gasteiger partial charge < -0.3 is 10.3 Å². The summed E-state index contributed by atoms with van der Waals surface area (Å²) in [5, 5.41) is 4.13. The number of nitrogens with one attached hydrogen (secondary N) is 2. The molecule has 0 bridgehead atoms. The van der Waals surface area contributed by atoms with E-state index in [9.17, 15) is 4.79 Å². The number of carbonyl (C=O) groups excluding carboxylic acids is 1. The molecule has 3 nitrogen and oxygen atoms in total. The van der Waals surface area contributed by atoms with Crippen LogP contribution in [0, 0.1) is 6.92 Å². The SMILES string of the molecule is Cc1c(C(=O)NC2CC2)[nH]c2ccccc12. The average Bonchev–Trinajstić information content (AvgIpc) is 3.03. The van der Waals surface area contributed by atoms with E-state index in [1.165, 1.54) is 0 Å². The number of benzene rings is 1. The Bertz CT molecular complexity index is 552. The third-order valence-electron chi connectivity index (χ3n) is 3.11. The fraction of sp³-hybridized carbons (Fsp3) is 0.308. The smallest absolute Gasteiger partial charge is 0.268 e. The van der Waals surface area contributed by atoms with Crippen molar-refractivity contribution in [2.45, 2.75) is 25.8 Å². The van der Waals surface area contributed by atoms with E-state index in [1.807, 2.05) is 31.2 Å². The van der Waals surface area contributed by atoms with Gasteiger partial charge >= 0.3 is 0 Å². The Morgan fingerprint density at radius 3 is 2.81 bits per heavy atom. The van der Waals surface area contributed by atoms with Crippen molar-refractivity contribution in [2.24, 2.45) is 0 Å². The monoisotopic (exact) mass is 214 g/mol. The summed E-state index contributed by atoms with van der Waals surface area (Å²) in [4.78, 5) is 15.1. The summed E-state index contributed by atoms with van der Waals surface area (Å²) in [7, 11) is 0. The second-order valence-electron chi connectivity index (χ2n) is 4.42. The molecule has 82 valence electrons. The van der Waals surface area contributed by atoms with Gasteiger partial charge in [-0.25, -0.2) is 0 Å². The number of amides is 1. The van der Waals surface area contributed by atoms with Gasteiger partial charge in [0, 0.05) is 16.9 Å². The molecule has 1 amide bonds. The van der Waals surface area contributed by atoms with Crippen molar-refractivity contribution in [2.75, 3.05) is 0 Å². The number of para-hydroxylation sites is 1. The molecule has 3 rings (SSSR count). The molecule has 3 heteroatoms. The molecular formula is C13H14N2O. The fourth-order valence-corrected chi connectivity index (χ4v) is 1.99. The molecule has 1 saturated carbocycles. The summed E-state index contributed by atoms with van der Waals surface area (Å²) < 4.78 is 0. The molecule has 0 radical (unpaired) electrons.